The molecule has 0 aromatic carbocycles. The fourth-order valence-corrected chi connectivity index (χ4v) is 10.3. The van der Waals surface area contributed by atoms with Gasteiger partial charge in [0.1, 0.15) is 22.6 Å². The van der Waals surface area contributed by atoms with Gasteiger partial charge in [-0.3, -0.25) is 9.80 Å². The van der Waals surface area contributed by atoms with Crippen LogP contribution in [0.2, 0.25) is 5.15 Å². The molecule has 0 atom stereocenters. The lowest BCUT2D eigenvalue weighted by atomic mass is 10.2. The van der Waals surface area contributed by atoms with Gasteiger partial charge in [0.25, 0.3) is 0 Å². The quantitative estimate of drug-likeness (QED) is 0.112. The molecule has 8 heterocycles. The Labute approximate surface area is 419 Å². The monoisotopic (exact) mass is 969 g/mol. The highest BCUT2D eigenvalue weighted by atomic mass is 35.5. The molecular formula is C53H73ClN16. The molecule has 0 unspecified atom stereocenters. The number of imidazole rings is 2. The number of nitrogen functional groups attached to an aromatic ring is 1. The molecule has 2 aliphatic heterocycles. The molecule has 3 N–H and O–H groups in total. The van der Waals surface area contributed by atoms with Crippen LogP contribution in [0.1, 0.15) is 144 Å². The first-order chi connectivity index (χ1) is 33.5. The first-order valence-electron chi connectivity index (χ1n) is 25.4. The van der Waals surface area contributed by atoms with Crippen molar-refractivity contribution in [3.05, 3.63) is 99.5 Å². The van der Waals surface area contributed by atoms with Crippen molar-refractivity contribution in [1.82, 2.24) is 68.6 Å². The van der Waals surface area contributed by atoms with E-state index in [1.54, 1.807) is 0 Å². The molecule has 372 valence electrons. The van der Waals surface area contributed by atoms with Crippen LogP contribution in [-0.4, -0.2) is 134 Å². The number of hydrogen-bond donors (Lipinski definition) is 2. The van der Waals surface area contributed by atoms with Gasteiger partial charge in [-0.1, -0.05) is 45.0 Å². The van der Waals surface area contributed by atoms with Crippen molar-refractivity contribution >= 4 is 29.3 Å². The summed E-state index contributed by atoms with van der Waals surface area (Å²) in [4.78, 5) is 46.6. The number of nitrogens with zero attached hydrogens (tertiary/aromatic N) is 14. The maximum atomic E-state index is 5.76. The summed E-state index contributed by atoms with van der Waals surface area (Å²) < 4.78 is 4.76. The molecule has 12 rings (SSSR count). The van der Waals surface area contributed by atoms with E-state index in [1.807, 2.05) is 36.9 Å². The Morgan fingerprint density at radius 1 is 0.586 bits per heavy atom. The number of rotatable bonds is 12. The van der Waals surface area contributed by atoms with Crippen molar-refractivity contribution in [1.29, 1.82) is 0 Å². The molecule has 4 aliphatic carbocycles. The molecular weight excluding hydrogens is 896 g/mol. The molecule has 6 aromatic heterocycles. The summed E-state index contributed by atoms with van der Waals surface area (Å²) in [5.41, 5.74) is 17.2. The number of hydrogen-bond acceptors (Lipinski definition) is 14. The molecule has 6 aliphatic rings. The number of anilines is 3. The lowest BCUT2D eigenvalue weighted by Crippen LogP contribution is -2.45. The van der Waals surface area contributed by atoms with Crippen molar-refractivity contribution in [2.24, 2.45) is 0 Å². The number of aromatic nitrogens is 10. The third kappa shape index (κ3) is 11.1. The van der Waals surface area contributed by atoms with Crippen LogP contribution in [0.5, 0.6) is 0 Å². The second-order valence-electron chi connectivity index (χ2n) is 20.1. The minimum absolute atomic E-state index is 0. The zero-order valence-electron chi connectivity index (χ0n) is 41.4. The van der Waals surface area contributed by atoms with Crippen LogP contribution < -0.4 is 11.1 Å². The molecule has 70 heavy (non-hydrogen) atoms. The molecule has 0 radical (unpaired) electrons. The second kappa shape index (κ2) is 21.5. The smallest absolute Gasteiger partial charge is 0.228 e. The summed E-state index contributed by atoms with van der Waals surface area (Å²) in [6.07, 6.45) is 14.3. The van der Waals surface area contributed by atoms with E-state index < -0.39 is 0 Å². The fourth-order valence-electron chi connectivity index (χ4n) is 10.2. The topological polar surface area (TPSA) is 164 Å². The van der Waals surface area contributed by atoms with Crippen LogP contribution in [0.25, 0.3) is 22.8 Å². The average molecular weight is 970 g/mol. The van der Waals surface area contributed by atoms with Gasteiger partial charge in [0, 0.05) is 138 Å². The molecule has 2 saturated carbocycles. The van der Waals surface area contributed by atoms with E-state index in [0.717, 1.165) is 118 Å². The number of piperazine rings is 2. The third-order valence-corrected chi connectivity index (χ3v) is 14.6. The molecule has 17 heteroatoms. The molecule has 2 saturated heterocycles. The van der Waals surface area contributed by atoms with E-state index in [9.17, 15) is 0 Å². The number of fused-ring (bicyclic) bond motifs is 6. The summed E-state index contributed by atoms with van der Waals surface area (Å²) >= 11 is 5.76. The van der Waals surface area contributed by atoms with Gasteiger partial charge in [-0.2, -0.15) is 0 Å². The number of halogens is 1. The number of nitrogens with one attached hydrogen (secondary N) is 1. The van der Waals surface area contributed by atoms with E-state index in [-0.39, 0.29) is 7.43 Å². The lowest BCUT2D eigenvalue weighted by Gasteiger charge is -2.33. The van der Waals surface area contributed by atoms with Gasteiger partial charge in [0.05, 0.1) is 34.2 Å². The first-order valence-corrected chi connectivity index (χ1v) is 25.8. The summed E-state index contributed by atoms with van der Waals surface area (Å²) in [7, 11) is 0. The van der Waals surface area contributed by atoms with Gasteiger partial charge in [-0.05, 0) is 89.7 Å². The van der Waals surface area contributed by atoms with Crippen LogP contribution in [-0.2, 0) is 25.9 Å². The molecule has 0 spiro atoms. The molecule has 0 bridgehead atoms. The van der Waals surface area contributed by atoms with Crippen LogP contribution in [0, 0.1) is 0 Å². The van der Waals surface area contributed by atoms with Crippen LogP contribution in [0.4, 0.5) is 17.7 Å². The summed E-state index contributed by atoms with van der Waals surface area (Å²) in [5, 5.41) is 3.89. The Morgan fingerprint density at radius 2 is 1.06 bits per heavy atom. The standard InChI is InChI=1S/C26H34N8.C14H17N5.C12H18ClN3.CH4/c1-4-32-9-11-33(12-10-32)16-18-5-8-22(27-14-18)30-26-28-15-20-13-21-24(23(20)31-26)34(17(2)3)25(29-21)19-6-7-19;1-7(2)19-12-10(17-13(19)8-3-4-8)5-9-6-16-14(15)18-11(9)12;1-2-15-5-7-16(8-6-15)10-11-3-4-12(13)14-9-11;/h5,8,14-15,17,19H,4,6-7,9-13,16H2,1-3H3,(H,27,28,30,31);6-8H,3-5H2,1-2H3,(H2,15,16,18);3-4,9H,2,5-8,10H2,1H3;1H4. The zero-order chi connectivity index (χ0) is 47.8. The normalized spacial score (nSPS) is 17.8. The second-order valence-corrected chi connectivity index (χ2v) is 20.5. The third-order valence-electron chi connectivity index (χ3n) is 14.3. The Morgan fingerprint density at radius 3 is 1.50 bits per heavy atom. The van der Waals surface area contributed by atoms with E-state index in [0.29, 0.717) is 41.0 Å². The first kappa shape index (κ1) is 49.6. The Kier molecular flexibility index (Phi) is 15.3. The molecule has 4 fully saturated rings. The maximum Gasteiger partial charge on any atom is 0.228 e. The van der Waals surface area contributed by atoms with Gasteiger partial charge >= 0.3 is 0 Å². The SMILES string of the molecule is C.CC(C)n1c(C2CC2)nc2c1-c1nc(N)ncc1C2.CCN1CCN(Cc2ccc(Cl)nc2)CC1.CCN1CCN(Cc2ccc(Nc3ncc4c(n3)-c3c(nc(C5CC5)n3C(C)C)C4)nc2)CC1. The summed E-state index contributed by atoms with van der Waals surface area (Å²) in [6.45, 7) is 26.8. The summed E-state index contributed by atoms with van der Waals surface area (Å²) in [5.74, 6) is 5.46. The van der Waals surface area contributed by atoms with Crippen molar-refractivity contribution in [2.75, 3.05) is 76.5 Å². The van der Waals surface area contributed by atoms with Crippen molar-refractivity contribution in [3.8, 4) is 22.8 Å². The number of likely N-dealkylation sites (N-methyl/N-ethyl adjacent to an activating group) is 2. The molecule has 6 aromatic rings. The van der Waals surface area contributed by atoms with Gasteiger partial charge in [-0.25, -0.2) is 39.9 Å². The fraction of sp³-hybridized carbons (Fsp3) is 0.547. The van der Waals surface area contributed by atoms with Gasteiger partial charge in [-0.15, -0.1) is 0 Å². The zero-order valence-corrected chi connectivity index (χ0v) is 42.1. The maximum absolute atomic E-state index is 5.76. The minimum Gasteiger partial charge on any atom is -0.368 e. The predicted octanol–water partition coefficient (Wildman–Crippen LogP) is 8.77. The summed E-state index contributed by atoms with van der Waals surface area (Å²) in [6, 6.07) is 8.87. The predicted molar refractivity (Wildman–Crippen MR) is 280 cm³/mol. The van der Waals surface area contributed by atoms with E-state index in [4.69, 9.17) is 32.3 Å². The van der Waals surface area contributed by atoms with Crippen LogP contribution in [0.3, 0.4) is 0 Å². The Hall–Kier alpha value is -5.39. The highest BCUT2D eigenvalue weighted by Crippen LogP contribution is 2.47. The van der Waals surface area contributed by atoms with Crippen molar-refractivity contribution < 1.29 is 0 Å². The Balaban J connectivity index is 0.000000143. The van der Waals surface area contributed by atoms with E-state index in [1.165, 1.54) is 72.9 Å². The van der Waals surface area contributed by atoms with E-state index in [2.05, 4.69) is 113 Å². The van der Waals surface area contributed by atoms with Gasteiger partial charge in [0.15, 0.2) is 0 Å². The van der Waals surface area contributed by atoms with Crippen molar-refractivity contribution in [3.63, 3.8) is 0 Å². The Bertz CT molecular complexity index is 2700. The van der Waals surface area contributed by atoms with Gasteiger partial charge in [0.2, 0.25) is 11.9 Å². The average Bonchev–Trinajstić information content (AvgIpc) is 4.26. The lowest BCUT2D eigenvalue weighted by molar-refractivity contribution is 0.132. The number of nitrogens with two attached hydrogens (primary N) is 1. The highest BCUT2D eigenvalue weighted by Gasteiger charge is 2.37. The largest absolute Gasteiger partial charge is 0.368 e. The number of pyridine rings is 2. The minimum atomic E-state index is 0. The van der Waals surface area contributed by atoms with E-state index >= 15 is 0 Å². The molecule has 0 amide bonds. The van der Waals surface area contributed by atoms with Crippen LogP contribution >= 0.6 is 11.6 Å². The van der Waals surface area contributed by atoms with Crippen molar-refractivity contribution in [2.45, 2.75) is 125 Å². The van der Waals surface area contributed by atoms with Crippen LogP contribution in [0.15, 0.2) is 49.1 Å². The highest BCUT2D eigenvalue weighted by molar-refractivity contribution is 6.29. The molecule has 16 nitrogen and oxygen atoms in total. The van der Waals surface area contributed by atoms with Gasteiger partial charge < -0.3 is 30.0 Å².